The third-order valence-corrected chi connectivity index (χ3v) is 4.10. The highest BCUT2D eigenvalue weighted by atomic mass is 16.5. The van der Waals surface area contributed by atoms with Crippen LogP contribution in [0.4, 0.5) is 0 Å². The molecule has 1 aliphatic carbocycles. The molecule has 0 radical (unpaired) electrons. The number of ether oxygens (including phenoxy) is 1. The van der Waals surface area contributed by atoms with Crippen molar-refractivity contribution in [2.45, 2.75) is 44.3 Å². The van der Waals surface area contributed by atoms with Gasteiger partial charge < -0.3 is 9.84 Å². The second kappa shape index (κ2) is 2.24. The average molecular weight is 168 g/mol. The lowest BCUT2D eigenvalue weighted by molar-refractivity contribution is 0.0621. The molecule has 3 unspecified atom stereocenters. The van der Waals surface area contributed by atoms with E-state index in [9.17, 15) is 5.11 Å². The van der Waals surface area contributed by atoms with Crippen molar-refractivity contribution in [3.63, 3.8) is 0 Å². The summed E-state index contributed by atoms with van der Waals surface area (Å²) < 4.78 is 5.80. The van der Waals surface area contributed by atoms with Crippen molar-refractivity contribution in [3.8, 4) is 0 Å². The van der Waals surface area contributed by atoms with E-state index < -0.39 is 0 Å². The Kier molecular flexibility index (Phi) is 1.37. The molecule has 3 aliphatic rings. The molecule has 2 heterocycles. The number of hydrogen-bond donors (Lipinski definition) is 1. The molecule has 1 N–H and O–H groups in total. The lowest BCUT2D eigenvalue weighted by Gasteiger charge is -2.26. The minimum atomic E-state index is 0.305. The average Bonchev–Trinajstić information content (AvgIpc) is 2.62. The number of rotatable bonds is 2. The Hall–Kier alpha value is -0.0800. The third-order valence-electron chi connectivity index (χ3n) is 4.10. The van der Waals surface area contributed by atoms with Gasteiger partial charge in [-0.3, -0.25) is 0 Å². The monoisotopic (exact) mass is 168 g/mol. The van der Waals surface area contributed by atoms with Crippen LogP contribution in [0.15, 0.2) is 0 Å². The summed E-state index contributed by atoms with van der Waals surface area (Å²) in [4.78, 5) is 0. The molecule has 0 aromatic carbocycles. The fraction of sp³-hybridized carbons (Fsp3) is 1.00. The van der Waals surface area contributed by atoms with E-state index >= 15 is 0 Å². The highest BCUT2D eigenvalue weighted by Crippen LogP contribution is 2.59. The molecule has 2 heteroatoms. The van der Waals surface area contributed by atoms with Crippen LogP contribution in [0.25, 0.3) is 0 Å². The lowest BCUT2D eigenvalue weighted by atomic mass is 9.78. The molecule has 2 aliphatic heterocycles. The van der Waals surface area contributed by atoms with Gasteiger partial charge in [-0.15, -0.1) is 0 Å². The van der Waals surface area contributed by atoms with Gasteiger partial charge in [0.2, 0.25) is 0 Å². The van der Waals surface area contributed by atoms with Crippen molar-refractivity contribution in [3.05, 3.63) is 0 Å². The Balaban J connectivity index is 1.78. The van der Waals surface area contributed by atoms with Gasteiger partial charge in [-0.2, -0.15) is 0 Å². The zero-order valence-corrected chi connectivity index (χ0v) is 7.33. The first-order valence-corrected chi connectivity index (χ1v) is 5.10. The molecule has 3 rings (SSSR count). The molecule has 68 valence electrons. The molecule has 2 saturated heterocycles. The van der Waals surface area contributed by atoms with Crippen LogP contribution in [0, 0.1) is 11.3 Å². The first kappa shape index (κ1) is 7.34. The molecular weight excluding hydrogens is 152 g/mol. The van der Waals surface area contributed by atoms with Crippen molar-refractivity contribution in [2.75, 3.05) is 6.61 Å². The molecular formula is C10H16O2. The molecule has 0 amide bonds. The fourth-order valence-electron chi connectivity index (χ4n) is 3.09. The normalized spacial score (nSPS) is 48.2. The molecule has 0 aromatic rings. The van der Waals surface area contributed by atoms with Gasteiger partial charge in [0.15, 0.2) is 0 Å². The minimum Gasteiger partial charge on any atom is -0.396 e. The molecule has 12 heavy (non-hydrogen) atoms. The van der Waals surface area contributed by atoms with Gasteiger partial charge >= 0.3 is 0 Å². The Labute approximate surface area is 72.9 Å². The molecule has 3 fully saturated rings. The Morgan fingerprint density at radius 3 is 2.58 bits per heavy atom. The van der Waals surface area contributed by atoms with E-state index in [1.807, 2.05) is 0 Å². The third kappa shape index (κ3) is 0.826. The summed E-state index contributed by atoms with van der Waals surface area (Å²) in [6.07, 6.45) is 7.26. The van der Waals surface area contributed by atoms with Crippen LogP contribution in [0.1, 0.15) is 32.1 Å². The van der Waals surface area contributed by atoms with Gasteiger partial charge in [-0.25, -0.2) is 0 Å². The van der Waals surface area contributed by atoms with Gasteiger partial charge in [-0.1, -0.05) is 0 Å². The van der Waals surface area contributed by atoms with Crippen LogP contribution < -0.4 is 0 Å². The maximum Gasteiger partial charge on any atom is 0.0615 e. The topological polar surface area (TPSA) is 29.5 Å². The lowest BCUT2D eigenvalue weighted by Crippen LogP contribution is -2.28. The van der Waals surface area contributed by atoms with Crippen molar-refractivity contribution in [1.82, 2.24) is 0 Å². The van der Waals surface area contributed by atoms with Crippen molar-refractivity contribution >= 4 is 0 Å². The molecule has 0 spiro atoms. The quantitative estimate of drug-likeness (QED) is 0.674. The maximum absolute atomic E-state index is 9.29. The van der Waals surface area contributed by atoms with Crippen LogP contribution in [0.5, 0.6) is 0 Å². The number of fused-ring (bicyclic) bond motifs is 2. The second-order valence-corrected chi connectivity index (χ2v) is 4.74. The summed E-state index contributed by atoms with van der Waals surface area (Å²) in [5, 5.41) is 9.29. The highest BCUT2D eigenvalue weighted by Gasteiger charge is 2.57. The zero-order valence-electron chi connectivity index (χ0n) is 7.33. The van der Waals surface area contributed by atoms with Crippen LogP contribution >= 0.6 is 0 Å². The summed E-state index contributed by atoms with van der Waals surface area (Å²) in [7, 11) is 0. The first-order valence-electron chi connectivity index (χ1n) is 5.10. The SMILES string of the molecule is OCC1(C2CC3CCC2O3)CC1. The smallest absolute Gasteiger partial charge is 0.0615 e. The number of aliphatic hydroxyl groups is 1. The van der Waals surface area contributed by atoms with Gasteiger partial charge in [0.1, 0.15) is 0 Å². The van der Waals surface area contributed by atoms with Gasteiger partial charge in [0.25, 0.3) is 0 Å². The fourth-order valence-corrected chi connectivity index (χ4v) is 3.09. The summed E-state index contributed by atoms with van der Waals surface area (Å²) in [5.74, 6) is 0.696. The van der Waals surface area contributed by atoms with E-state index in [0.29, 0.717) is 30.1 Å². The summed E-state index contributed by atoms with van der Waals surface area (Å²) >= 11 is 0. The van der Waals surface area contributed by atoms with Crippen molar-refractivity contribution < 1.29 is 9.84 Å². The van der Waals surface area contributed by atoms with Gasteiger partial charge in [0, 0.05) is 6.61 Å². The predicted octanol–water partition coefficient (Wildman–Crippen LogP) is 1.33. The minimum absolute atomic E-state index is 0.305. The van der Waals surface area contributed by atoms with Crippen LogP contribution in [-0.2, 0) is 4.74 Å². The van der Waals surface area contributed by atoms with Crippen molar-refractivity contribution in [2.24, 2.45) is 11.3 Å². The Bertz CT molecular complexity index is 198. The highest BCUT2D eigenvalue weighted by molar-refractivity contribution is 5.06. The molecule has 3 atom stereocenters. The second-order valence-electron chi connectivity index (χ2n) is 4.74. The summed E-state index contributed by atoms with van der Waals surface area (Å²) in [6.45, 7) is 0.393. The van der Waals surface area contributed by atoms with E-state index in [2.05, 4.69) is 0 Å². The largest absolute Gasteiger partial charge is 0.396 e. The van der Waals surface area contributed by atoms with E-state index in [4.69, 9.17) is 4.74 Å². The maximum atomic E-state index is 9.29. The van der Waals surface area contributed by atoms with E-state index in [0.717, 1.165) is 0 Å². The van der Waals surface area contributed by atoms with Crippen LogP contribution in [0.2, 0.25) is 0 Å². The van der Waals surface area contributed by atoms with E-state index in [-0.39, 0.29) is 0 Å². The Morgan fingerprint density at radius 2 is 2.17 bits per heavy atom. The van der Waals surface area contributed by atoms with Gasteiger partial charge in [0.05, 0.1) is 12.2 Å². The van der Waals surface area contributed by atoms with Crippen molar-refractivity contribution in [1.29, 1.82) is 0 Å². The number of aliphatic hydroxyl groups excluding tert-OH is 1. The molecule has 2 bridgehead atoms. The summed E-state index contributed by atoms with van der Waals surface area (Å²) in [5.41, 5.74) is 0.305. The van der Waals surface area contributed by atoms with E-state index in [1.54, 1.807) is 0 Å². The van der Waals surface area contributed by atoms with E-state index in [1.165, 1.54) is 32.1 Å². The number of hydrogen-bond acceptors (Lipinski definition) is 2. The molecule has 2 nitrogen and oxygen atoms in total. The zero-order chi connectivity index (χ0) is 8.18. The first-order chi connectivity index (χ1) is 5.84. The predicted molar refractivity (Wildman–Crippen MR) is 44.8 cm³/mol. The van der Waals surface area contributed by atoms with Crippen LogP contribution in [0.3, 0.4) is 0 Å². The molecule has 1 saturated carbocycles. The summed E-state index contributed by atoms with van der Waals surface area (Å²) in [6, 6.07) is 0. The van der Waals surface area contributed by atoms with Crippen LogP contribution in [-0.4, -0.2) is 23.9 Å². The Morgan fingerprint density at radius 1 is 1.33 bits per heavy atom. The van der Waals surface area contributed by atoms with Gasteiger partial charge in [-0.05, 0) is 43.4 Å². The standard InChI is InChI=1S/C10H16O2/c11-6-10(3-4-10)8-5-7-1-2-9(8)12-7/h7-9,11H,1-6H2. The molecule has 0 aromatic heterocycles.